The van der Waals surface area contributed by atoms with Crippen molar-refractivity contribution in [2.45, 2.75) is 32.6 Å². The second-order valence-corrected chi connectivity index (χ2v) is 8.98. The number of amides is 3. The van der Waals surface area contributed by atoms with Crippen molar-refractivity contribution < 1.29 is 19.1 Å². The number of amidine groups is 1. The smallest absolute Gasteiger partial charge is 0.270 e. The van der Waals surface area contributed by atoms with Crippen molar-refractivity contribution in [3.63, 3.8) is 0 Å². The zero-order valence-corrected chi connectivity index (χ0v) is 19.2. The highest BCUT2D eigenvalue weighted by Gasteiger charge is 2.61. The molecule has 2 aliphatic heterocycles. The minimum absolute atomic E-state index is 0.214. The van der Waals surface area contributed by atoms with E-state index in [9.17, 15) is 14.4 Å². The highest BCUT2D eigenvalue weighted by molar-refractivity contribution is 8.15. The first-order valence-corrected chi connectivity index (χ1v) is 11.0. The summed E-state index contributed by atoms with van der Waals surface area (Å²) >= 11 is 1.07. The number of thioether (sulfide) groups is 1. The van der Waals surface area contributed by atoms with Crippen LogP contribution in [-0.2, 0) is 19.3 Å². The van der Waals surface area contributed by atoms with Crippen molar-refractivity contribution in [2.24, 2.45) is 5.10 Å². The summed E-state index contributed by atoms with van der Waals surface area (Å²) in [6.07, 6.45) is 0. The van der Waals surface area contributed by atoms with Crippen LogP contribution < -0.4 is 15.0 Å². The van der Waals surface area contributed by atoms with E-state index < -0.39 is 10.8 Å². The van der Waals surface area contributed by atoms with E-state index in [0.29, 0.717) is 17.8 Å². The number of hydrogen-bond donors (Lipinski definition) is 1. The zero-order valence-electron chi connectivity index (χ0n) is 18.3. The van der Waals surface area contributed by atoms with Crippen molar-refractivity contribution in [1.82, 2.24) is 10.3 Å². The molecule has 1 unspecified atom stereocenters. The number of benzene rings is 2. The van der Waals surface area contributed by atoms with Gasteiger partial charge in [-0.15, -0.1) is 5.10 Å². The van der Waals surface area contributed by atoms with Gasteiger partial charge < -0.3 is 15.0 Å². The predicted molar refractivity (Wildman–Crippen MR) is 123 cm³/mol. The Labute approximate surface area is 190 Å². The number of anilines is 1. The summed E-state index contributed by atoms with van der Waals surface area (Å²) in [5.41, 5.74) is 3.45. The van der Waals surface area contributed by atoms with Crippen LogP contribution in [0, 0.1) is 13.8 Å². The molecule has 0 bridgehead atoms. The molecule has 8 nitrogen and oxygen atoms in total. The lowest BCUT2D eigenvalue weighted by atomic mass is 10.0. The van der Waals surface area contributed by atoms with Crippen molar-refractivity contribution in [3.05, 3.63) is 59.2 Å². The van der Waals surface area contributed by atoms with Gasteiger partial charge in [-0.1, -0.05) is 35.4 Å². The number of carbonyl (C=O) groups is 3. The molecule has 0 saturated heterocycles. The maximum atomic E-state index is 13.8. The Hall–Kier alpha value is -3.33. The number of hydrazone groups is 1. The molecule has 1 spiro atoms. The zero-order chi connectivity index (χ0) is 23.0. The molecule has 0 fully saturated rings. The first kappa shape index (κ1) is 21.9. The van der Waals surface area contributed by atoms with Crippen LogP contribution in [0.1, 0.15) is 30.5 Å². The third-order valence-electron chi connectivity index (χ3n) is 5.26. The number of aryl methyl sites for hydroxylation is 2. The van der Waals surface area contributed by atoms with Crippen molar-refractivity contribution in [3.8, 4) is 5.75 Å². The Morgan fingerprint density at radius 1 is 1.09 bits per heavy atom. The summed E-state index contributed by atoms with van der Waals surface area (Å²) in [4.78, 5) is 38.1. The summed E-state index contributed by atoms with van der Waals surface area (Å²) < 4.78 is 5.84. The number of fused-ring (bicyclic) bond motifs is 2. The summed E-state index contributed by atoms with van der Waals surface area (Å²) in [6, 6.07) is 13.4. The van der Waals surface area contributed by atoms with E-state index in [1.165, 1.54) is 18.9 Å². The average molecular weight is 453 g/mol. The summed E-state index contributed by atoms with van der Waals surface area (Å²) in [7, 11) is 0. The highest BCUT2D eigenvalue weighted by Crippen LogP contribution is 2.54. The number of hydrogen-bond acceptors (Lipinski definition) is 6. The molecule has 2 aromatic rings. The van der Waals surface area contributed by atoms with Gasteiger partial charge in [0.05, 0.1) is 12.2 Å². The maximum absolute atomic E-state index is 13.8. The lowest BCUT2D eigenvalue weighted by Gasteiger charge is -2.29. The lowest BCUT2D eigenvalue weighted by Crippen LogP contribution is -2.49. The Morgan fingerprint density at radius 3 is 2.44 bits per heavy atom. The minimum atomic E-state index is -1.39. The molecule has 4 rings (SSSR count). The second-order valence-electron chi connectivity index (χ2n) is 7.80. The molecular formula is C23H24N4O4S. The normalized spacial score (nSPS) is 19.2. The molecule has 0 aliphatic carbocycles. The van der Waals surface area contributed by atoms with E-state index in [4.69, 9.17) is 4.74 Å². The third-order valence-corrected chi connectivity index (χ3v) is 6.50. The van der Waals surface area contributed by atoms with Gasteiger partial charge in [0, 0.05) is 19.4 Å². The number of rotatable bonds is 4. The van der Waals surface area contributed by atoms with Gasteiger partial charge in [0.1, 0.15) is 12.4 Å². The molecule has 1 atom stereocenters. The maximum Gasteiger partial charge on any atom is 0.270 e. The molecule has 2 aromatic carbocycles. The number of ether oxygens (including phenoxy) is 1. The van der Waals surface area contributed by atoms with Crippen LogP contribution in [0.4, 0.5) is 5.69 Å². The van der Waals surface area contributed by atoms with Gasteiger partial charge in [-0.3, -0.25) is 14.4 Å². The van der Waals surface area contributed by atoms with Crippen molar-refractivity contribution in [1.29, 1.82) is 0 Å². The van der Waals surface area contributed by atoms with Crippen LogP contribution in [0.15, 0.2) is 47.6 Å². The van der Waals surface area contributed by atoms with E-state index in [-0.39, 0.29) is 23.6 Å². The largest absolute Gasteiger partial charge is 0.492 e. The fourth-order valence-electron chi connectivity index (χ4n) is 3.84. The predicted octanol–water partition coefficient (Wildman–Crippen LogP) is 2.88. The molecule has 0 radical (unpaired) electrons. The van der Waals surface area contributed by atoms with Crippen LogP contribution in [0.25, 0.3) is 0 Å². The first-order chi connectivity index (χ1) is 15.2. The number of nitrogens with one attached hydrogen (secondary N) is 1. The Balaban J connectivity index is 1.65. The Bertz CT molecular complexity index is 1130. The molecule has 0 aromatic heterocycles. The van der Waals surface area contributed by atoms with Crippen LogP contribution in [0.5, 0.6) is 5.75 Å². The van der Waals surface area contributed by atoms with Gasteiger partial charge in [0.2, 0.25) is 16.7 Å². The van der Waals surface area contributed by atoms with Gasteiger partial charge in [-0.05, 0) is 43.8 Å². The van der Waals surface area contributed by atoms with E-state index >= 15 is 0 Å². The summed E-state index contributed by atoms with van der Waals surface area (Å²) in [5.74, 6) is -0.292. The molecule has 9 heteroatoms. The molecule has 2 heterocycles. The molecular weight excluding hydrogens is 428 g/mol. The lowest BCUT2D eigenvalue weighted by molar-refractivity contribution is -0.139. The topological polar surface area (TPSA) is 91.3 Å². The van der Waals surface area contributed by atoms with E-state index in [0.717, 1.165) is 28.6 Å². The fourth-order valence-corrected chi connectivity index (χ4v) is 5.16. The van der Waals surface area contributed by atoms with Crippen LogP contribution in [0.2, 0.25) is 0 Å². The molecule has 3 amide bonds. The van der Waals surface area contributed by atoms with Crippen LogP contribution in [0.3, 0.4) is 0 Å². The van der Waals surface area contributed by atoms with Crippen molar-refractivity contribution in [2.75, 3.05) is 18.1 Å². The van der Waals surface area contributed by atoms with Gasteiger partial charge in [0.25, 0.3) is 5.91 Å². The molecule has 2 aliphatic rings. The highest BCUT2D eigenvalue weighted by atomic mass is 32.2. The van der Waals surface area contributed by atoms with Gasteiger partial charge in [-0.25, -0.2) is 0 Å². The van der Waals surface area contributed by atoms with Gasteiger partial charge in [0.15, 0.2) is 5.17 Å². The van der Waals surface area contributed by atoms with E-state index in [1.54, 1.807) is 4.90 Å². The number of nitrogens with zero attached hydrogens (tertiary/aromatic N) is 3. The third kappa shape index (κ3) is 3.73. The van der Waals surface area contributed by atoms with E-state index in [2.05, 4.69) is 10.4 Å². The first-order valence-electron chi connectivity index (χ1n) is 10.2. The van der Waals surface area contributed by atoms with Crippen LogP contribution >= 0.6 is 11.8 Å². The monoisotopic (exact) mass is 452 g/mol. The fraction of sp³-hybridized carbons (Fsp3) is 0.304. The minimum Gasteiger partial charge on any atom is -0.492 e. The van der Waals surface area contributed by atoms with Crippen LogP contribution in [-0.4, -0.2) is 41.0 Å². The standard InChI is InChI=1S/C23H24N4O4S/c1-14-5-8-18(9-6-14)31-12-11-26-20-10-7-15(2)13-19(20)23(21(26)30)27(17(4)29)25-22(32-23)24-16(3)28/h5-10,13H,11-12H2,1-4H3,(H,24,25,28). The molecule has 32 heavy (non-hydrogen) atoms. The average Bonchev–Trinajstić information content (AvgIpc) is 3.21. The Morgan fingerprint density at radius 2 is 1.78 bits per heavy atom. The van der Waals surface area contributed by atoms with E-state index in [1.807, 2.05) is 56.3 Å². The van der Waals surface area contributed by atoms with Crippen molar-refractivity contribution >= 4 is 40.3 Å². The number of carbonyl (C=O) groups excluding carboxylic acids is 3. The quantitative estimate of drug-likeness (QED) is 0.770. The molecule has 166 valence electrons. The SMILES string of the molecule is CC(=O)NC1=NN(C(C)=O)C2(S1)C(=O)N(CCOc1ccc(C)cc1)c1ccc(C)cc12. The van der Waals surface area contributed by atoms with Gasteiger partial charge in [-0.2, -0.15) is 5.01 Å². The summed E-state index contributed by atoms with van der Waals surface area (Å²) in [6.45, 7) is 7.22. The molecule has 1 N–H and O–H groups in total. The second kappa shape index (κ2) is 8.31. The molecule has 0 saturated carbocycles. The Kier molecular flexibility index (Phi) is 5.68. The van der Waals surface area contributed by atoms with Gasteiger partial charge >= 0.3 is 0 Å². The summed E-state index contributed by atoms with van der Waals surface area (Å²) in [5, 5.41) is 8.26.